The van der Waals surface area contributed by atoms with Crippen molar-refractivity contribution in [3.05, 3.63) is 258 Å². The molecule has 4 aromatic heterocycles. The van der Waals surface area contributed by atoms with E-state index in [-0.39, 0.29) is 12.1 Å². The van der Waals surface area contributed by atoms with Crippen LogP contribution in [-0.2, 0) is 5.41 Å². The van der Waals surface area contributed by atoms with Crippen molar-refractivity contribution in [1.82, 2.24) is 18.3 Å². The van der Waals surface area contributed by atoms with Crippen LogP contribution in [0.25, 0.3) is 154 Å². The topological polar surface area (TPSA) is 115 Å². The lowest BCUT2D eigenvalue weighted by Gasteiger charge is -2.37. The number of aromatic nitrogens is 4. The molecule has 2 aliphatic heterocycles. The Hall–Kier alpha value is -12.4. The fraction of sp³-hybridized carbons (Fsp3) is 0.0488. The molecule has 8 nitrogen and oxygen atoms in total. The predicted octanol–water partition coefficient (Wildman–Crippen LogP) is 17.6. The van der Waals surface area contributed by atoms with E-state index in [1.54, 1.807) is 0 Å². The van der Waals surface area contributed by atoms with E-state index < -0.39 is 0 Å². The highest BCUT2D eigenvalue weighted by Gasteiger charge is 2.44. The van der Waals surface area contributed by atoms with Gasteiger partial charge in [-0.15, -0.1) is 0 Å². The monoisotopic (exact) mass is 1150 g/mol. The van der Waals surface area contributed by atoms with Gasteiger partial charge in [0.05, 0.1) is 90.7 Å². The number of nitriles is 4. The maximum Gasteiger partial charge on any atom is 0.244 e. The Labute approximate surface area is 522 Å². The average Bonchev–Trinajstić information content (AvgIpc) is 1.65. The van der Waals surface area contributed by atoms with Gasteiger partial charge in [0.25, 0.3) is 0 Å². The minimum absolute atomic E-state index is 0.300. The molecule has 9 heteroatoms. The first-order valence-corrected chi connectivity index (χ1v) is 30.8. The van der Waals surface area contributed by atoms with Crippen molar-refractivity contribution in [1.29, 1.82) is 21.0 Å². The van der Waals surface area contributed by atoms with Gasteiger partial charge in [0, 0.05) is 65.8 Å². The molecule has 418 valence electrons. The van der Waals surface area contributed by atoms with Crippen molar-refractivity contribution in [3.8, 4) is 69.3 Å². The van der Waals surface area contributed by atoms with Gasteiger partial charge in [0.1, 0.15) is 0 Å². The first-order valence-electron chi connectivity index (χ1n) is 30.8. The lowest BCUT2D eigenvalue weighted by Crippen LogP contribution is -2.57. The Morgan fingerprint density at radius 1 is 0.297 bits per heavy atom. The second-order valence-electron chi connectivity index (χ2n) is 25.6. The quantitative estimate of drug-likeness (QED) is 0.163. The van der Waals surface area contributed by atoms with Gasteiger partial charge in [-0.3, -0.25) is 0 Å². The Bertz CT molecular complexity index is 6000. The molecule has 0 N–H and O–H groups in total. The lowest BCUT2D eigenvalue weighted by atomic mass is 9.30. The summed E-state index contributed by atoms with van der Waals surface area (Å²) in [4.78, 5) is 0. The van der Waals surface area contributed by atoms with Crippen LogP contribution in [0.4, 0.5) is 0 Å². The second kappa shape index (κ2) is 18.1. The SMILES string of the molecule is CC(C)(C)c1cc2c3c(c1)-c1c4c(cc5c(c4cc4c1c1ccccc1n4-c1ccc(C#N)cc1)c1ccccc1n5-c1ccc(C#N)cc1)B3c1cc3c(c4cc5c(c-2c14)c1ccccc1n5-c1ccc(C#N)cc1)c1ccccc1n3-c1ccc(C#N)cc1. The summed E-state index contributed by atoms with van der Waals surface area (Å²) in [5.41, 5.74) is 24.1. The number of benzene rings is 13. The molecule has 19 rings (SSSR count). The van der Waals surface area contributed by atoms with Crippen molar-refractivity contribution in [3.63, 3.8) is 0 Å². The molecule has 0 saturated heterocycles. The van der Waals surface area contributed by atoms with E-state index in [1.807, 2.05) is 48.5 Å². The Kier molecular flexibility index (Phi) is 10.1. The van der Waals surface area contributed by atoms with Crippen LogP contribution in [-0.4, -0.2) is 25.0 Å². The van der Waals surface area contributed by atoms with Crippen LogP contribution in [0, 0.1) is 45.3 Å². The van der Waals surface area contributed by atoms with Crippen LogP contribution in [0.3, 0.4) is 0 Å². The van der Waals surface area contributed by atoms with E-state index >= 15 is 0 Å². The van der Waals surface area contributed by atoms with Gasteiger partial charge in [-0.2, -0.15) is 21.0 Å². The summed E-state index contributed by atoms with van der Waals surface area (Å²) in [6, 6.07) is 91.7. The van der Waals surface area contributed by atoms with Crippen LogP contribution in [0.5, 0.6) is 0 Å². The van der Waals surface area contributed by atoms with E-state index in [0.717, 1.165) is 110 Å². The molecule has 17 aromatic rings. The molecule has 0 bridgehead atoms. The first kappa shape index (κ1) is 50.7. The summed E-state index contributed by atoms with van der Waals surface area (Å²) >= 11 is 0. The number of nitrogens with zero attached hydrogens (tertiary/aromatic N) is 8. The molecule has 2 aliphatic rings. The van der Waals surface area contributed by atoms with Gasteiger partial charge in [0.2, 0.25) is 6.71 Å². The number of rotatable bonds is 4. The minimum Gasteiger partial charge on any atom is -0.309 e. The zero-order chi connectivity index (χ0) is 60.9. The summed E-state index contributed by atoms with van der Waals surface area (Å²) in [5, 5.41) is 54.4. The largest absolute Gasteiger partial charge is 0.309 e. The fourth-order valence-electron chi connectivity index (χ4n) is 16.2. The molecule has 0 unspecified atom stereocenters. The minimum atomic E-state index is -0.300. The maximum absolute atomic E-state index is 10.1. The van der Waals surface area contributed by atoms with Gasteiger partial charge >= 0.3 is 0 Å². The first-order chi connectivity index (χ1) is 44.6. The zero-order valence-corrected chi connectivity index (χ0v) is 49.6. The second-order valence-corrected chi connectivity index (χ2v) is 25.6. The van der Waals surface area contributed by atoms with E-state index in [0.29, 0.717) is 22.3 Å². The fourth-order valence-corrected chi connectivity index (χ4v) is 16.2. The Morgan fingerprint density at radius 3 is 0.879 bits per heavy atom. The molecule has 0 radical (unpaired) electrons. The van der Waals surface area contributed by atoms with Crippen molar-refractivity contribution in [2.75, 3.05) is 0 Å². The molecule has 0 amide bonds. The molecule has 0 fully saturated rings. The third-order valence-electron chi connectivity index (χ3n) is 20.0. The van der Waals surface area contributed by atoms with E-state index in [9.17, 15) is 21.0 Å². The molecule has 0 spiro atoms. The predicted molar refractivity (Wildman–Crippen MR) is 372 cm³/mol. The summed E-state index contributed by atoms with van der Waals surface area (Å²) in [6.45, 7) is 6.73. The van der Waals surface area contributed by atoms with Crippen LogP contribution in [0.15, 0.2) is 231 Å². The van der Waals surface area contributed by atoms with E-state index in [4.69, 9.17) is 0 Å². The molecule has 0 saturated carbocycles. The number of fused-ring (bicyclic) bond motifs is 20. The number of hydrogen-bond acceptors (Lipinski definition) is 4. The number of hydrogen-bond donors (Lipinski definition) is 0. The maximum atomic E-state index is 10.1. The summed E-state index contributed by atoms with van der Waals surface area (Å²) in [5.74, 6) is 0. The highest BCUT2D eigenvalue weighted by Crippen LogP contribution is 2.53. The van der Waals surface area contributed by atoms with Crippen molar-refractivity contribution >= 4 is 132 Å². The normalized spacial score (nSPS) is 12.5. The number of para-hydroxylation sites is 4. The van der Waals surface area contributed by atoms with Gasteiger partial charge in [-0.25, -0.2) is 0 Å². The highest BCUT2D eigenvalue weighted by molar-refractivity contribution is 7.02. The molecule has 0 aliphatic carbocycles. The molecular weight excluding hydrogens is 1110 g/mol. The molecule has 91 heavy (non-hydrogen) atoms. The third-order valence-corrected chi connectivity index (χ3v) is 20.0. The smallest absolute Gasteiger partial charge is 0.244 e. The van der Waals surface area contributed by atoms with Crippen LogP contribution in [0.1, 0.15) is 48.6 Å². The highest BCUT2D eigenvalue weighted by atomic mass is 15.0. The average molecular weight is 1160 g/mol. The van der Waals surface area contributed by atoms with E-state index in [1.165, 1.54) is 65.8 Å². The van der Waals surface area contributed by atoms with Gasteiger partial charge in [-0.05, 0) is 200 Å². The van der Waals surface area contributed by atoms with Crippen molar-refractivity contribution in [2.24, 2.45) is 0 Å². The van der Waals surface area contributed by atoms with Crippen LogP contribution < -0.4 is 16.4 Å². The standard InChI is InChI=1S/C82H47BN8/c1-82(2,3)50-36-61-79-75-59(38-69-77(79)57-14-6-10-18-67(57)88(69)51-28-20-46(42-84)21-29-51)73-55-12-4-8-16-65(55)90(53-32-24-48(44-86)25-33-53)71(73)40-63(75)83-64-41-72-74(56-13-5-9-17-66(56)91(72)54-34-26-49(45-87)27-35-54)60-39-70-78(80(76(60)64)62(37-50)81(61)83)58-15-7-11-19-68(58)89(70)52-30-22-47(43-85)23-31-52/h4-41H,1-3H3. The summed E-state index contributed by atoms with van der Waals surface area (Å²) < 4.78 is 9.62. The van der Waals surface area contributed by atoms with Gasteiger partial charge in [0.15, 0.2) is 0 Å². The molecule has 6 heterocycles. The van der Waals surface area contributed by atoms with Gasteiger partial charge < -0.3 is 18.3 Å². The van der Waals surface area contributed by atoms with Gasteiger partial charge in [-0.1, -0.05) is 122 Å². The third kappa shape index (κ3) is 6.68. The summed E-state index contributed by atoms with van der Waals surface area (Å²) in [6.07, 6.45) is 0. The summed E-state index contributed by atoms with van der Waals surface area (Å²) in [7, 11) is 0. The molecule has 13 aromatic carbocycles. The van der Waals surface area contributed by atoms with Crippen molar-refractivity contribution < 1.29 is 0 Å². The Morgan fingerprint density at radius 2 is 0.582 bits per heavy atom. The molecule has 0 atom stereocenters. The van der Waals surface area contributed by atoms with E-state index in [2.05, 4.69) is 245 Å². The van der Waals surface area contributed by atoms with Crippen molar-refractivity contribution in [2.45, 2.75) is 26.2 Å². The Balaban J connectivity index is 1.09. The van der Waals surface area contributed by atoms with Crippen LogP contribution >= 0.6 is 0 Å². The zero-order valence-electron chi connectivity index (χ0n) is 49.6. The molecular formula is C82H47BN8. The van der Waals surface area contributed by atoms with Crippen LogP contribution in [0.2, 0.25) is 0 Å². The lowest BCUT2D eigenvalue weighted by molar-refractivity contribution is 0.591.